The topological polar surface area (TPSA) is 62.2 Å². The van der Waals surface area contributed by atoms with E-state index in [1.165, 1.54) is 12.1 Å². The fourth-order valence-corrected chi connectivity index (χ4v) is 2.90. The van der Waals surface area contributed by atoms with E-state index < -0.39 is 0 Å². The van der Waals surface area contributed by atoms with Crippen LogP contribution in [0.3, 0.4) is 0 Å². The molecule has 0 aliphatic carbocycles. The second kappa shape index (κ2) is 7.00. The second-order valence-electron chi connectivity index (χ2n) is 6.24. The van der Waals surface area contributed by atoms with Crippen LogP contribution in [0, 0.1) is 12.7 Å². The normalized spacial score (nSPS) is 16.1. The number of anilines is 1. The molecular formula is C17H22FN5O. The van der Waals surface area contributed by atoms with Gasteiger partial charge in [0, 0.05) is 17.8 Å². The van der Waals surface area contributed by atoms with Crippen molar-refractivity contribution in [1.82, 2.24) is 20.0 Å². The number of nitrogens with one attached hydrogen (secondary N) is 2. The molecule has 7 heteroatoms. The predicted molar refractivity (Wildman–Crippen MR) is 90.9 cm³/mol. The van der Waals surface area contributed by atoms with Gasteiger partial charge in [-0.05, 0) is 58.1 Å². The Labute approximate surface area is 140 Å². The van der Waals surface area contributed by atoms with E-state index in [0.29, 0.717) is 11.5 Å². The maximum absolute atomic E-state index is 13.4. The van der Waals surface area contributed by atoms with Crippen LogP contribution in [0.2, 0.25) is 0 Å². The zero-order chi connectivity index (χ0) is 17.1. The second-order valence-corrected chi connectivity index (χ2v) is 6.24. The number of nitrogens with zero attached hydrogens (tertiary/aromatic N) is 3. The number of likely N-dealkylation sites (tertiary alicyclic amines) is 1. The standard InChI is InChI=1S/C17H22FN5O/c1-12-10-16(21-23(12)15-5-3-4-13(18)11-15)20-17(24)19-14-6-8-22(2)9-7-14/h3-5,10-11,14H,6-9H2,1-2H3,(H2,19,20,21,24). The average Bonchev–Trinajstić information content (AvgIpc) is 2.90. The van der Waals surface area contributed by atoms with Crippen molar-refractivity contribution in [1.29, 1.82) is 0 Å². The van der Waals surface area contributed by atoms with E-state index in [-0.39, 0.29) is 17.9 Å². The summed E-state index contributed by atoms with van der Waals surface area (Å²) in [7, 11) is 2.08. The van der Waals surface area contributed by atoms with Gasteiger partial charge in [-0.3, -0.25) is 5.32 Å². The Morgan fingerprint density at radius 2 is 2.04 bits per heavy atom. The van der Waals surface area contributed by atoms with Crippen LogP contribution in [0.25, 0.3) is 5.69 Å². The Balaban J connectivity index is 1.63. The molecule has 3 rings (SSSR count). The molecule has 1 aliphatic heterocycles. The van der Waals surface area contributed by atoms with Gasteiger partial charge in [0.05, 0.1) is 5.69 Å². The summed E-state index contributed by atoms with van der Waals surface area (Å²) < 4.78 is 15.0. The number of urea groups is 1. The molecule has 1 aromatic carbocycles. The average molecular weight is 331 g/mol. The van der Waals surface area contributed by atoms with Crippen LogP contribution in [0.5, 0.6) is 0 Å². The van der Waals surface area contributed by atoms with Gasteiger partial charge in [-0.1, -0.05) is 6.07 Å². The summed E-state index contributed by atoms with van der Waals surface area (Å²) in [5.74, 6) is 0.124. The Kier molecular flexibility index (Phi) is 4.80. The van der Waals surface area contributed by atoms with E-state index in [2.05, 4.69) is 27.7 Å². The highest BCUT2D eigenvalue weighted by molar-refractivity contribution is 5.88. The minimum absolute atomic E-state index is 0.188. The summed E-state index contributed by atoms with van der Waals surface area (Å²) in [6.07, 6.45) is 1.89. The smallest absolute Gasteiger partial charge is 0.320 e. The van der Waals surface area contributed by atoms with Gasteiger partial charge in [0.25, 0.3) is 0 Å². The third-order valence-electron chi connectivity index (χ3n) is 4.24. The van der Waals surface area contributed by atoms with Gasteiger partial charge < -0.3 is 10.2 Å². The molecule has 0 saturated carbocycles. The number of benzene rings is 1. The summed E-state index contributed by atoms with van der Waals surface area (Å²) in [5, 5.41) is 10.1. The molecule has 2 amide bonds. The number of rotatable bonds is 3. The lowest BCUT2D eigenvalue weighted by Gasteiger charge is -2.29. The van der Waals surface area contributed by atoms with E-state index in [4.69, 9.17) is 0 Å². The van der Waals surface area contributed by atoms with Crippen molar-refractivity contribution < 1.29 is 9.18 Å². The van der Waals surface area contributed by atoms with Crippen molar-refractivity contribution in [3.05, 3.63) is 41.8 Å². The third-order valence-corrected chi connectivity index (χ3v) is 4.24. The summed E-state index contributed by atoms with van der Waals surface area (Å²) in [4.78, 5) is 14.4. The number of amides is 2. The van der Waals surface area contributed by atoms with Crippen LogP contribution in [-0.4, -0.2) is 46.9 Å². The molecule has 24 heavy (non-hydrogen) atoms. The van der Waals surface area contributed by atoms with E-state index in [1.807, 2.05) is 6.92 Å². The number of carbonyl (C=O) groups excluding carboxylic acids is 1. The molecular weight excluding hydrogens is 309 g/mol. The molecule has 1 saturated heterocycles. The number of halogens is 1. The fraction of sp³-hybridized carbons (Fsp3) is 0.412. The van der Waals surface area contributed by atoms with Crippen LogP contribution >= 0.6 is 0 Å². The lowest BCUT2D eigenvalue weighted by Crippen LogP contribution is -2.44. The number of piperidine rings is 1. The highest BCUT2D eigenvalue weighted by atomic mass is 19.1. The zero-order valence-corrected chi connectivity index (χ0v) is 13.9. The maximum Gasteiger partial charge on any atom is 0.320 e. The summed E-state index contributed by atoms with van der Waals surface area (Å²) in [6, 6.07) is 7.89. The Hall–Kier alpha value is -2.41. The first-order valence-electron chi connectivity index (χ1n) is 8.10. The molecule has 0 atom stereocenters. The molecule has 0 bridgehead atoms. The third kappa shape index (κ3) is 3.91. The van der Waals surface area contributed by atoms with Crippen molar-refractivity contribution in [3.63, 3.8) is 0 Å². The quantitative estimate of drug-likeness (QED) is 0.908. The SMILES string of the molecule is Cc1cc(NC(=O)NC2CCN(C)CC2)nn1-c1cccc(F)c1. The van der Waals surface area contributed by atoms with E-state index >= 15 is 0 Å². The molecule has 1 aliphatic rings. The molecule has 6 nitrogen and oxygen atoms in total. The highest BCUT2D eigenvalue weighted by Crippen LogP contribution is 2.16. The maximum atomic E-state index is 13.4. The first-order valence-corrected chi connectivity index (χ1v) is 8.10. The van der Waals surface area contributed by atoms with Crippen LogP contribution < -0.4 is 10.6 Å². The summed E-state index contributed by atoms with van der Waals surface area (Å²) in [5.41, 5.74) is 1.44. The lowest BCUT2D eigenvalue weighted by atomic mass is 10.1. The minimum Gasteiger partial charge on any atom is -0.335 e. The van der Waals surface area contributed by atoms with Gasteiger partial charge in [0.2, 0.25) is 0 Å². The van der Waals surface area contributed by atoms with E-state index in [0.717, 1.165) is 31.6 Å². The molecule has 2 aromatic rings. The van der Waals surface area contributed by atoms with E-state index in [1.54, 1.807) is 22.9 Å². The lowest BCUT2D eigenvalue weighted by molar-refractivity contribution is 0.221. The Bertz CT molecular complexity index is 722. The van der Waals surface area contributed by atoms with Crippen molar-refractivity contribution in [2.45, 2.75) is 25.8 Å². The number of hydrogen-bond acceptors (Lipinski definition) is 3. The number of aryl methyl sites for hydroxylation is 1. The number of carbonyl (C=O) groups is 1. The largest absolute Gasteiger partial charge is 0.335 e. The van der Waals surface area contributed by atoms with Gasteiger partial charge in [-0.15, -0.1) is 5.10 Å². The molecule has 128 valence electrons. The first-order chi connectivity index (χ1) is 11.5. The summed E-state index contributed by atoms with van der Waals surface area (Å²) in [6.45, 7) is 3.83. The zero-order valence-electron chi connectivity index (χ0n) is 13.9. The van der Waals surface area contributed by atoms with Crippen LogP contribution in [0.15, 0.2) is 30.3 Å². The molecule has 2 N–H and O–H groups in total. The van der Waals surface area contributed by atoms with Crippen molar-refractivity contribution in [2.24, 2.45) is 0 Å². The van der Waals surface area contributed by atoms with E-state index in [9.17, 15) is 9.18 Å². The molecule has 0 spiro atoms. The summed E-state index contributed by atoms with van der Waals surface area (Å²) >= 11 is 0. The number of hydrogen-bond donors (Lipinski definition) is 2. The van der Waals surface area contributed by atoms with Crippen molar-refractivity contribution in [2.75, 3.05) is 25.5 Å². The van der Waals surface area contributed by atoms with Gasteiger partial charge in [-0.2, -0.15) is 0 Å². The van der Waals surface area contributed by atoms with Crippen molar-refractivity contribution >= 4 is 11.8 Å². The predicted octanol–water partition coefficient (Wildman–Crippen LogP) is 2.54. The Morgan fingerprint density at radius 1 is 1.29 bits per heavy atom. The fourth-order valence-electron chi connectivity index (χ4n) is 2.90. The number of aromatic nitrogens is 2. The molecule has 1 fully saturated rings. The first kappa shape index (κ1) is 16.4. The van der Waals surface area contributed by atoms with Gasteiger partial charge in [0.15, 0.2) is 5.82 Å². The van der Waals surface area contributed by atoms with Gasteiger partial charge >= 0.3 is 6.03 Å². The van der Waals surface area contributed by atoms with Crippen LogP contribution in [0.4, 0.5) is 15.0 Å². The van der Waals surface area contributed by atoms with Crippen molar-refractivity contribution in [3.8, 4) is 5.69 Å². The highest BCUT2D eigenvalue weighted by Gasteiger charge is 2.19. The molecule has 1 aromatic heterocycles. The van der Waals surface area contributed by atoms with Crippen LogP contribution in [-0.2, 0) is 0 Å². The van der Waals surface area contributed by atoms with Gasteiger partial charge in [0.1, 0.15) is 5.82 Å². The minimum atomic E-state index is -0.322. The Morgan fingerprint density at radius 3 is 2.75 bits per heavy atom. The van der Waals surface area contributed by atoms with Gasteiger partial charge in [-0.25, -0.2) is 13.9 Å². The molecule has 0 unspecified atom stereocenters. The monoisotopic (exact) mass is 331 g/mol. The van der Waals surface area contributed by atoms with Crippen LogP contribution in [0.1, 0.15) is 18.5 Å². The molecule has 0 radical (unpaired) electrons. The molecule has 2 heterocycles.